The summed E-state index contributed by atoms with van der Waals surface area (Å²) in [5.74, 6) is 0.0196. The molecule has 0 spiro atoms. The molecule has 0 aromatic carbocycles. The molecule has 6 nitrogen and oxygen atoms in total. The van der Waals surface area contributed by atoms with Gasteiger partial charge < -0.3 is 15.5 Å². The van der Waals surface area contributed by atoms with Crippen LogP contribution >= 0.6 is 0 Å². The minimum absolute atomic E-state index is 0.0196. The highest BCUT2D eigenvalue weighted by Gasteiger charge is 2.33. The third-order valence-corrected chi connectivity index (χ3v) is 3.02. The molecule has 20 heavy (non-hydrogen) atoms. The third kappa shape index (κ3) is 3.28. The summed E-state index contributed by atoms with van der Waals surface area (Å²) in [4.78, 5) is 21.6. The van der Waals surface area contributed by atoms with Crippen molar-refractivity contribution in [1.29, 1.82) is 0 Å². The Morgan fingerprint density at radius 3 is 2.65 bits per heavy atom. The number of halogens is 3. The van der Waals surface area contributed by atoms with Gasteiger partial charge in [-0.25, -0.2) is 14.8 Å². The number of urea groups is 1. The van der Waals surface area contributed by atoms with E-state index in [1.54, 1.807) is 4.90 Å². The minimum atomic E-state index is -4.50. The molecule has 1 aromatic heterocycles. The zero-order valence-corrected chi connectivity index (χ0v) is 10.6. The molecule has 0 radical (unpaired) electrons. The average Bonchev–Trinajstić information content (AvgIpc) is 2.63. The second-order valence-corrected chi connectivity index (χ2v) is 4.41. The molecule has 0 atom stereocenters. The van der Waals surface area contributed by atoms with Crippen molar-refractivity contribution < 1.29 is 18.0 Å². The summed E-state index contributed by atoms with van der Waals surface area (Å²) in [7, 11) is 0. The van der Waals surface area contributed by atoms with E-state index in [-0.39, 0.29) is 5.95 Å². The number of anilines is 1. The largest absolute Gasteiger partial charge is 0.433 e. The van der Waals surface area contributed by atoms with E-state index in [0.717, 1.165) is 12.3 Å². The molecule has 110 valence electrons. The number of rotatable bonds is 1. The van der Waals surface area contributed by atoms with Gasteiger partial charge >= 0.3 is 12.2 Å². The highest BCUT2D eigenvalue weighted by molar-refractivity contribution is 5.72. The van der Waals surface area contributed by atoms with Gasteiger partial charge in [0.25, 0.3) is 0 Å². The predicted molar refractivity (Wildman–Crippen MR) is 65.0 cm³/mol. The number of hydrogen-bond acceptors (Lipinski definition) is 4. The molecule has 1 saturated heterocycles. The van der Waals surface area contributed by atoms with Gasteiger partial charge in [0.1, 0.15) is 5.69 Å². The molecule has 0 bridgehead atoms. The number of aromatic nitrogens is 2. The smallest absolute Gasteiger partial charge is 0.351 e. The Morgan fingerprint density at radius 2 is 2.00 bits per heavy atom. The monoisotopic (exact) mass is 289 g/mol. The summed E-state index contributed by atoms with van der Waals surface area (Å²) in [5, 5.41) is 0. The van der Waals surface area contributed by atoms with Gasteiger partial charge in [-0.15, -0.1) is 0 Å². The number of primary amides is 1. The van der Waals surface area contributed by atoms with E-state index in [2.05, 4.69) is 9.97 Å². The molecular weight excluding hydrogens is 275 g/mol. The van der Waals surface area contributed by atoms with Crippen LogP contribution in [-0.4, -0.2) is 47.1 Å². The number of nitrogens with two attached hydrogens (primary N) is 1. The maximum Gasteiger partial charge on any atom is 0.433 e. The second kappa shape index (κ2) is 5.51. The Labute approximate surface area is 113 Å². The number of hydrogen-bond donors (Lipinski definition) is 1. The summed E-state index contributed by atoms with van der Waals surface area (Å²) in [6, 6.07) is 0.300. The van der Waals surface area contributed by atoms with Crippen molar-refractivity contribution in [3.8, 4) is 0 Å². The highest BCUT2D eigenvalue weighted by Crippen LogP contribution is 2.28. The molecule has 2 amide bonds. The summed E-state index contributed by atoms with van der Waals surface area (Å²) < 4.78 is 37.8. The van der Waals surface area contributed by atoms with Crippen molar-refractivity contribution in [3.05, 3.63) is 18.0 Å². The van der Waals surface area contributed by atoms with Gasteiger partial charge in [0.15, 0.2) is 0 Å². The van der Waals surface area contributed by atoms with Crippen LogP contribution in [0.5, 0.6) is 0 Å². The molecule has 0 unspecified atom stereocenters. The zero-order chi connectivity index (χ0) is 14.8. The van der Waals surface area contributed by atoms with Gasteiger partial charge in [0.05, 0.1) is 0 Å². The third-order valence-electron chi connectivity index (χ3n) is 3.02. The molecule has 1 fully saturated rings. The van der Waals surface area contributed by atoms with Gasteiger partial charge in [-0.3, -0.25) is 0 Å². The Hall–Kier alpha value is -2.06. The second-order valence-electron chi connectivity index (χ2n) is 4.41. The van der Waals surface area contributed by atoms with E-state index in [4.69, 9.17) is 5.73 Å². The van der Waals surface area contributed by atoms with Crippen LogP contribution in [-0.2, 0) is 6.18 Å². The van der Waals surface area contributed by atoms with Crippen LogP contribution in [0, 0.1) is 0 Å². The normalized spacial score (nSPS) is 16.9. The molecule has 1 aliphatic heterocycles. The topological polar surface area (TPSA) is 75.4 Å². The van der Waals surface area contributed by atoms with Gasteiger partial charge in [-0.05, 0) is 12.5 Å². The van der Waals surface area contributed by atoms with E-state index < -0.39 is 17.9 Å². The van der Waals surface area contributed by atoms with Crippen LogP contribution in [0.2, 0.25) is 0 Å². The Bertz CT molecular complexity index is 493. The number of amides is 2. The SMILES string of the molecule is NC(=O)N1CCCN(c2nccc(C(F)(F)F)n2)CC1. The lowest BCUT2D eigenvalue weighted by Crippen LogP contribution is -2.38. The van der Waals surface area contributed by atoms with Gasteiger partial charge in [0.2, 0.25) is 5.95 Å². The molecule has 1 aromatic rings. The van der Waals surface area contributed by atoms with Crippen LogP contribution in [0.3, 0.4) is 0 Å². The maximum atomic E-state index is 12.6. The first kappa shape index (κ1) is 14.4. The van der Waals surface area contributed by atoms with Crippen LogP contribution in [0.15, 0.2) is 12.3 Å². The van der Waals surface area contributed by atoms with Crippen molar-refractivity contribution in [2.24, 2.45) is 5.73 Å². The fourth-order valence-corrected chi connectivity index (χ4v) is 2.00. The van der Waals surface area contributed by atoms with E-state index in [0.29, 0.717) is 32.6 Å². The van der Waals surface area contributed by atoms with Crippen LogP contribution < -0.4 is 10.6 Å². The Morgan fingerprint density at radius 1 is 1.25 bits per heavy atom. The van der Waals surface area contributed by atoms with Crippen LogP contribution in [0.25, 0.3) is 0 Å². The van der Waals surface area contributed by atoms with E-state index in [1.165, 1.54) is 4.90 Å². The molecule has 2 N–H and O–H groups in total. The Kier molecular flexibility index (Phi) is 3.96. The summed E-state index contributed by atoms with van der Waals surface area (Å²) >= 11 is 0. The molecule has 0 saturated carbocycles. The summed E-state index contributed by atoms with van der Waals surface area (Å²) in [6.45, 7) is 1.65. The number of nitrogens with zero attached hydrogens (tertiary/aromatic N) is 4. The lowest BCUT2D eigenvalue weighted by molar-refractivity contribution is -0.141. The molecule has 2 heterocycles. The number of carbonyl (C=O) groups is 1. The standard InChI is InChI=1S/C11H14F3N5O/c12-11(13,14)8-2-3-16-10(17-8)19-5-1-4-18(6-7-19)9(15)20/h2-3H,1,4-7H2,(H2,15,20). The molecule has 1 aliphatic rings. The fraction of sp³-hybridized carbons (Fsp3) is 0.545. The van der Waals surface area contributed by atoms with Crippen LogP contribution in [0.1, 0.15) is 12.1 Å². The lowest BCUT2D eigenvalue weighted by Gasteiger charge is -2.21. The average molecular weight is 289 g/mol. The van der Waals surface area contributed by atoms with Crippen molar-refractivity contribution in [2.75, 3.05) is 31.1 Å². The molecular formula is C11H14F3N5O. The molecule has 2 rings (SSSR count). The number of alkyl halides is 3. The minimum Gasteiger partial charge on any atom is -0.351 e. The first-order chi connectivity index (χ1) is 9.38. The summed E-state index contributed by atoms with van der Waals surface area (Å²) in [6.07, 6.45) is -2.81. The Balaban J connectivity index is 2.14. The highest BCUT2D eigenvalue weighted by atomic mass is 19.4. The van der Waals surface area contributed by atoms with E-state index in [9.17, 15) is 18.0 Å². The van der Waals surface area contributed by atoms with Crippen molar-refractivity contribution in [3.63, 3.8) is 0 Å². The maximum absolute atomic E-state index is 12.6. The number of carbonyl (C=O) groups excluding carboxylic acids is 1. The van der Waals surface area contributed by atoms with Crippen molar-refractivity contribution in [1.82, 2.24) is 14.9 Å². The first-order valence-electron chi connectivity index (χ1n) is 6.07. The fourth-order valence-electron chi connectivity index (χ4n) is 2.00. The van der Waals surface area contributed by atoms with Gasteiger partial charge in [-0.2, -0.15) is 13.2 Å². The van der Waals surface area contributed by atoms with E-state index in [1.807, 2.05) is 0 Å². The quantitative estimate of drug-likeness (QED) is 0.839. The lowest BCUT2D eigenvalue weighted by atomic mass is 10.4. The van der Waals surface area contributed by atoms with E-state index >= 15 is 0 Å². The van der Waals surface area contributed by atoms with Crippen molar-refractivity contribution >= 4 is 12.0 Å². The van der Waals surface area contributed by atoms with Crippen molar-refractivity contribution in [2.45, 2.75) is 12.6 Å². The zero-order valence-electron chi connectivity index (χ0n) is 10.6. The molecule has 9 heteroatoms. The predicted octanol–water partition coefficient (Wildman–Crippen LogP) is 1.09. The molecule has 0 aliphatic carbocycles. The van der Waals surface area contributed by atoms with Gasteiger partial charge in [0, 0.05) is 32.4 Å². The van der Waals surface area contributed by atoms with Gasteiger partial charge in [-0.1, -0.05) is 0 Å². The summed E-state index contributed by atoms with van der Waals surface area (Å²) in [5.41, 5.74) is 4.22. The first-order valence-corrected chi connectivity index (χ1v) is 6.07. The van der Waals surface area contributed by atoms with Crippen LogP contribution in [0.4, 0.5) is 23.9 Å².